The number of carbonyl (C=O) groups excluding carboxylic acids is 2. The van der Waals surface area contributed by atoms with Crippen molar-refractivity contribution in [2.75, 3.05) is 11.9 Å². The summed E-state index contributed by atoms with van der Waals surface area (Å²) in [6.45, 7) is 5.15. The molecule has 2 aromatic rings. The molecule has 0 bridgehead atoms. The Morgan fingerprint density at radius 1 is 1.36 bits per heavy atom. The van der Waals surface area contributed by atoms with E-state index >= 15 is 0 Å². The molecule has 7 nitrogen and oxygen atoms in total. The van der Waals surface area contributed by atoms with Gasteiger partial charge in [0.25, 0.3) is 5.91 Å². The Labute approximate surface area is 153 Å². The highest BCUT2D eigenvalue weighted by Crippen LogP contribution is 2.27. The Bertz CT molecular complexity index is 819. The molecule has 0 aliphatic carbocycles. The number of hydrogen-bond acceptors (Lipinski definition) is 8. The van der Waals surface area contributed by atoms with Gasteiger partial charge in [0.2, 0.25) is 0 Å². The molecule has 9 heteroatoms. The molecule has 1 aromatic heterocycles. The zero-order valence-electron chi connectivity index (χ0n) is 14.0. The number of thiocyanates is 1. The van der Waals surface area contributed by atoms with Gasteiger partial charge in [-0.3, -0.25) is 4.79 Å². The van der Waals surface area contributed by atoms with Crippen molar-refractivity contribution in [2.24, 2.45) is 0 Å². The van der Waals surface area contributed by atoms with Crippen molar-refractivity contribution < 1.29 is 14.3 Å². The maximum absolute atomic E-state index is 12.1. The van der Waals surface area contributed by atoms with Crippen molar-refractivity contribution in [1.29, 1.82) is 5.26 Å². The molecule has 0 saturated carbocycles. The number of rotatable bonds is 6. The van der Waals surface area contributed by atoms with Gasteiger partial charge in [0.1, 0.15) is 5.40 Å². The Kier molecular flexibility index (Phi) is 6.50. The predicted octanol–water partition coefficient (Wildman–Crippen LogP) is 3.09. The summed E-state index contributed by atoms with van der Waals surface area (Å²) in [7, 11) is 0. The molecule has 0 atom stereocenters. The second-order valence-corrected chi connectivity index (χ2v) is 6.76. The summed E-state index contributed by atoms with van der Waals surface area (Å²) in [6, 6.07) is 3.64. The number of nitrogens with zero attached hydrogens (tertiary/aromatic N) is 3. The van der Waals surface area contributed by atoms with Crippen LogP contribution >= 0.6 is 23.3 Å². The van der Waals surface area contributed by atoms with Gasteiger partial charge in [-0.1, -0.05) is 11.4 Å². The van der Waals surface area contributed by atoms with Crippen LogP contribution in [-0.2, 0) is 16.0 Å². The summed E-state index contributed by atoms with van der Waals surface area (Å²) in [4.78, 5) is 25.2. The summed E-state index contributed by atoms with van der Waals surface area (Å²) in [5.41, 5.74) is 2.87. The van der Waals surface area contributed by atoms with Crippen LogP contribution in [0.5, 0.6) is 0 Å². The number of aromatic nitrogens is 2. The number of benzene rings is 1. The van der Waals surface area contributed by atoms with Crippen LogP contribution in [-0.4, -0.2) is 28.1 Å². The maximum Gasteiger partial charge on any atom is 0.352 e. The van der Waals surface area contributed by atoms with Crippen LogP contribution in [0.4, 0.5) is 5.69 Å². The average Bonchev–Trinajstić information content (AvgIpc) is 3.05. The molecular formula is C16H16N4O3S2. The number of anilines is 1. The van der Waals surface area contributed by atoms with Gasteiger partial charge < -0.3 is 10.1 Å². The van der Waals surface area contributed by atoms with Gasteiger partial charge in [-0.15, -0.1) is 5.10 Å². The molecule has 1 heterocycles. The highest BCUT2D eigenvalue weighted by molar-refractivity contribution is 8.03. The Balaban J connectivity index is 1.99. The Morgan fingerprint density at radius 2 is 2.04 bits per heavy atom. The molecule has 1 amide bonds. The van der Waals surface area contributed by atoms with E-state index in [0.717, 1.165) is 39.3 Å². The lowest BCUT2D eigenvalue weighted by molar-refractivity contribution is -0.119. The summed E-state index contributed by atoms with van der Waals surface area (Å²) in [6.07, 6.45) is 0.568. The molecule has 0 aliphatic rings. The lowest BCUT2D eigenvalue weighted by Gasteiger charge is -2.13. The van der Waals surface area contributed by atoms with Gasteiger partial charge in [0.05, 0.1) is 5.69 Å². The van der Waals surface area contributed by atoms with Crippen LogP contribution in [0.25, 0.3) is 0 Å². The number of ether oxygens (including phenoxy) is 1. The lowest BCUT2D eigenvalue weighted by atomic mass is 10.1. The minimum absolute atomic E-state index is 0.320. The topological polar surface area (TPSA) is 105 Å². The van der Waals surface area contributed by atoms with E-state index in [0.29, 0.717) is 22.7 Å². The quantitative estimate of drug-likeness (QED) is 0.469. The summed E-state index contributed by atoms with van der Waals surface area (Å²) >= 11 is 2.01. The van der Waals surface area contributed by atoms with Gasteiger partial charge >= 0.3 is 5.97 Å². The van der Waals surface area contributed by atoms with Gasteiger partial charge in [-0.25, -0.2) is 4.79 Å². The molecule has 0 aliphatic heterocycles. The van der Waals surface area contributed by atoms with Crippen molar-refractivity contribution in [1.82, 2.24) is 9.59 Å². The molecule has 0 spiro atoms. The first kappa shape index (κ1) is 18.9. The van der Waals surface area contributed by atoms with E-state index in [9.17, 15) is 9.59 Å². The van der Waals surface area contributed by atoms with E-state index in [1.807, 2.05) is 38.3 Å². The minimum Gasteiger partial charge on any atom is -0.451 e. The first-order valence-corrected chi connectivity index (χ1v) is 9.00. The number of nitriles is 1. The fourth-order valence-corrected chi connectivity index (χ4v) is 3.42. The molecule has 1 aromatic carbocycles. The predicted molar refractivity (Wildman–Crippen MR) is 95.6 cm³/mol. The number of carbonyl (C=O) groups is 2. The second-order valence-electron chi connectivity index (χ2n) is 5.15. The standard InChI is InChI=1S/C16H16N4O3S2/c1-4-12-15(25-20-19-12)16(22)23-7-13(21)18-14-9(2)5-11(24-8-17)6-10(14)3/h5-6H,4,7H2,1-3H3,(H,18,21). The third kappa shape index (κ3) is 4.78. The smallest absolute Gasteiger partial charge is 0.352 e. The largest absolute Gasteiger partial charge is 0.451 e. The number of esters is 1. The van der Waals surface area contributed by atoms with E-state index in [2.05, 4.69) is 14.9 Å². The zero-order chi connectivity index (χ0) is 18.4. The van der Waals surface area contributed by atoms with Crippen LogP contribution in [0.3, 0.4) is 0 Å². The van der Waals surface area contributed by atoms with Crippen molar-refractivity contribution in [3.63, 3.8) is 0 Å². The first-order chi connectivity index (χ1) is 12.0. The van der Waals surface area contributed by atoms with Crippen LogP contribution in [0.2, 0.25) is 0 Å². The van der Waals surface area contributed by atoms with Crippen LogP contribution in [0.15, 0.2) is 17.0 Å². The SMILES string of the molecule is CCc1nnsc1C(=O)OCC(=O)Nc1c(C)cc(SC#N)cc1C. The molecule has 0 radical (unpaired) electrons. The van der Waals surface area contributed by atoms with Crippen molar-refractivity contribution in [3.05, 3.63) is 33.8 Å². The fourth-order valence-electron chi connectivity index (χ4n) is 2.20. The van der Waals surface area contributed by atoms with Crippen LogP contribution in [0, 0.1) is 24.5 Å². The Hall–Kier alpha value is -2.44. The summed E-state index contributed by atoms with van der Waals surface area (Å²) < 4.78 is 8.76. The second kappa shape index (κ2) is 8.60. The summed E-state index contributed by atoms with van der Waals surface area (Å²) in [5.74, 6) is -1.04. The molecule has 0 fully saturated rings. The number of amides is 1. The van der Waals surface area contributed by atoms with Crippen LogP contribution < -0.4 is 5.32 Å². The van der Waals surface area contributed by atoms with Gasteiger partial charge in [-0.2, -0.15) is 5.26 Å². The maximum atomic E-state index is 12.1. The number of aryl methyl sites for hydroxylation is 3. The molecule has 1 N–H and O–H groups in total. The number of nitrogens with one attached hydrogen (secondary N) is 1. The first-order valence-electron chi connectivity index (χ1n) is 7.41. The van der Waals surface area contributed by atoms with E-state index in [4.69, 9.17) is 10.00 Å². The number of hydrogen-bond donors (Lipinski definition) is 1. The monoisotopic (exact) mass is 376 g/mol. The minimum atomic E-state index is -0.601. The fraction of sp³-hybridized carbons (Fsp3) is 0.312. The average molecular weight is 376 g/mol. The molecule has 0 saturated heterocycles. The van der Waals surface area contributed by atoms with Gasteiger partial charge in [-0.05, 0) is 66.8 Å². The molecule has 0 unspecified atom stereocenters. The third-order valence-corrected chi connectivity index (χ3v) is 4.66. The molecular weight excluding hydrogens is 360 g/mol. The van der Waals surface area contributed by atoms with Gasteiger partial charge in [0, 0.05) is 10.6 Å². The highest BCUT2D eigenvalue weighted by Gasteiger charge is 2.18. The molecule has 2 rings (SSSR count). The van der Waals surface area contributed by atoms with Gasteiger partial charge in [0.15, 0.2) is 11.5 Å². The normalized spacial score (nSPS) is 10.2. The van der Waals surface area contributed by atoms with Crippen molar-refractivity contribution in [3.8, 4) is 5.40 Å². The lowest BCUT2D eigenvalue weighted by Crippen LogP contribution is -2.22. The van der Waals surface area contributed by atoms with E-state index in [-0.39, 0.29) is 0 Å². The molecule has 25 heavy (non-hydrogen) atoms. The Morgan fingerprint density at radius 3 is 2.64 bits per heavy atom. The third-order valence-electron chi connectivity index (χ3n) is 3.34. The number of thioether (sulfide) groups is 1. The van der Waals surface area contributed by atoms with Crippen LogP contribution in [0.1, 0.15) is 33.4 Å². The van der Waals surface area contributed by atoms with E-state index < -0.39 is 18.5 Å². The van der Waals surface area contributed by atoms with E-state index in [1.54, 1.807) is 0 Å². The van der Waals surface area contributed by atoms with Crippen molar-refractivity contribution in [2.45, 2.75) is 32.1 Å². The van der Waals surface area contributed by atoms with E-state index in [1.165, 1.54) is 0 Å². The molecule has 130 valence electrons. The van der Waals surface area contributed by atoms with Crippen molar-refractivity contribution >= 4 is 40.9 Å². The zero-order valence-corrected chi connectivity index (χ0v) is 15.6. The summed E-state index contributed by atoms with van der Waals surface area (Å²) in [5, 5.41) is 17.3. The highest BCUT2D eigenvalue weighted by atomic mass is 32.2.